The molecule has 0 aromatic carbocycles. The first kappa shape index (κ1) is 19.1. The average molecular weight is 278 g/mol. The number of hydrogen-bond donors (Lipinski definition) is 0. The van der Waals surface area contributed by atoms with Crippen LogP contribution >= 0.6 is 0 Å². The third kappa shape index (κ3) is 9.99. The second-order valence-corrected chi connectivity index (χ2v) is 5.28. The highest BCUT2D eigenvalue weighted by atomic mass is 15.1. The minimum Gasteiger partial charge on any atom is -0.303 e. The quantitative estimate of drug-likeness (QED) is 0.666. The molecule has 0 bridgehead atoms. The third-order valence-corrected chi connectivity index (χ3v) is 3.29. The zero-order valence-corrected chi connectivity index (χ0v) is 14.2. The van der Waals surface area contributed by atoms with Crippen LogP contribution < -0.4 is 0 Å². The molecule has 0 saturated heterocycles. The van der Waals surface area contributed by atoms with Gasteiger partial charge in [0.05, 0.1) is 0 Å². The smallest absolute Gasteiger partial charge is 0.0172 e. The summed E-state index contributed by atoms with van der Waals surface area (Å²) >= 11 is 0. The van der Waals surface area contributed by atoms with Gasteiger partial charge in [0.25, 0.3) is 0 Å². The van der Waals surface area contributed by atoms with Crippen molar-refractivity contribution in [2.45, 2.75) is 46.6 Å². The van der Waals surface area contributed by atoms with Crippen LogP contribution in [0.4, 0.5) is 0 Å². The maximum Gasteiger partial charge on any atom is 0.0172 e. The zero-order chi connectivity index (χ0) is 15.2. The summed E-state index contributed by atoms with van der Waals surface area (Å²) in [5, 5.41) is 0. The number of hydrogen-bond acceptors (Lipinski definition) is 2. The van der Waals surface area contributed by atoms with Gasteiger partial charge in [0.15, 0.2) is 0 Å². The third-order valence-electron chi connectivity index (χ3n) is 3.29. The van der Waals surface area contributed by atoms with Crippen LogP contribution in [0.2, 0.25) is 0 Å². The summed E-state index contributed by atoms with van der Waals surface area (Å²) in [5.74, 6) is 0. The van der Waals surface area contributed by atoms with Crippen LogP contribution in [0, 0.1) is 0 Å². The fraction of sp³-hybridized carbons (Fsp3) is 0.667. The molecule has 116 valence electrons. The van der Waals surface area contributed by atoms with Crippen LogP contribution in [0.1, 0.15) is 40.5 Å². The van der Waals surface area contributed by atoms with Crippen LogP contribution in [-0.2, 0) is 0 Å². The molecule has 2 rings (SSSR count). The minimum atomic E-state index is 0.660. The van der Waals surface area contributed by atoms with Crippen molar-refractivity contribution in [3.8, 4) is 0 Å². The average Bonchev–Trinajstić information content (AvgIpc) is 2.86. The minimum absolute atomic E-state index is 0.660. The maximum absolute atomic E-state index is 2.42. The summed E-state index contributed by atoms with van der Waals surface area (Å²) in [5.41, 5.74) is 0. The highest BCUT2D eigenvalue weighted by Gasteiger charge is 2.05. The summed E-state index contributed by atoms with van der Waals surface area (Å²) in [6.07, 6.45) is 15.7. The molecule has 0 spiro atoms. The Balaban J connectivity index is 0.000000327. The summed E-state index contributed by atoms with van der Waals surface area (Å²) in [4.78, 5) is 4.75. The van der Waals surface area contributed by atoms with Crippen molar-refractivity contribution in [1.82, 2.24) is 9.80 Å². The monoisotopic (exact) mass is 278 g/mol. The van der Waals surface area contributed by atoms with Crippen LogP contribution in [0.15, 0.2) is 36.5 Å². The van der Waals surface area contributed by atoms with Gasteiger partial charge in [-0.15, -0.1) is 0 Å². The first-order chi connectivity index (χ1) is 9.70. The first-order valence-corrected chi connectivity index (χ1v) is 8.09. The molecule has 2 heteroatoms. The first-order valence-electron chi connectivity index (χ1n) is 8.09. The van der Waals surface area contributed by atoms with Crippen molar-refractivity contribution in [2.24, 2.45) is 0 Å². The SMILES string of the molecule is CC.CC(C)N1CC=CC=CC1.CN1CC=CCCC1. The van der Waals surface area contributed by atoms with Gasteiger partial charge in [-0.05, 0) is 40.3 Å². The molecule has 2 aliphatic rings. The Labute approximate surface area is 126 Å². The zero-order valence-electron chi connectivity index (χ0n) is 14.2. The van der Waals surface area contributed by atoms with E-state index in [1.807, 2.05) is 13.8 Å². The molecule has 0 amide bonds. The second kappa shape index (κ2) is 13.1. The summed E-state index contributed by atoms with van der Waals surface area (Å²) in [7, 11) is 2.16. The summed E-state index contributed by atoms with van der Waals surface area (Å²) in [6.45, 7) is 13.0. The van der Waals surface area contributed by atoms with E-state index in [4.69, 9.17) is 0 Å². The van der Waals surface area contributed by atoms with E-state index in [0.717, 1.165) is 19.6 Å². The predicted octanol–water partition coefficient (Wildman–Crippen LogP) is 4.12. The van der Waals surface area contributed by atoms with E-state index < -0.39 is 0 Å². The van der Waals surface area contributed by atoms with Gasteiger partial charge in [-0.1, -0.05) is 50.3 Å². The Morgan fingerprint density at radius 1 is 0.850 bits per heavy atom. The van der Waals surface area contributed by atoms with Crippen molar-refractivity contribution in [2.75, 3.05) is 33.2 Å². The maximum atomic E-state index is 2.42. The molecule has 2 heterocycles. The fourth-order valence-electron chi connectivity index (χ4n) is 1.99. The van der Waals surface area contributed by atoms with Crippen LogP contribution in [0.3, 0.4) is 0 Å². The molecule has 0 radical (unpaired) electrons. The molecule has 0 fully saturated rings. The van der Waals surface area contributed by atoms with Gasteiger partial charge >= 0.3 is 0 Å². The largest absolute Gasteiger partial charge is 0.303 e. The number of allylic oxidation sites excluding steroid dienone is 3. The second-order valence-electron chi connectivity index (χ2n) is 5.28. The Morgan fingerprint density at radius 3 is 2.00 bits per heavy atom. The Hall–Kier alpha value is -0.860. The van der Waals surface area contributed by atoms with Crippen LogP contribution in [-0.4, -0.2) is 49.1 Å². The lowest BCUT2D eigenvalue weighted by atomic mass is 10.3. The van der Waals surface area contributed by atoms with E-state index in [-0.39, 0.29) is 0 Å². The standard InChI is InChI=1S/C9H15N.C7H13N.C2H6/c1-9(2)10-7-5-3-4-6-8-10;1-8-6-4-2-3-5-7-8;1-2/h3-6,9H,7-8H2,1-2H3;2,4H,3,5-7H2,1H3;1-2H3. The Bertz CT molecular complexity index is 276. The number of likely N-dealkylation sites (N-methyl/N-ethyl adjacent to an activating group) is 1. The lowest BCUT2D eigenvalue weighted by molar-refractivity contribution is 0.274. The van der Waals surface area contributed by atoms with Crippen LogP contribution in [0.25, 0.3) is 0 Å². The highest BCUT2D eigenvalue weighted by Crippen LogP contribution is 2.01. The highest BCUT2D eigenvalue weighted by molar-refractivity contribution is 5.07. The number of nitrogens with zero attached hydrogens (tertiary/aromatic N) is 2. The van der Waals surface area contributed by atoms with E-state index in [0.29, 0.717) is 6.04 Å². The molecule has 20 heavy (non-hydrogen) atoms. The van der Waals surface area contributed by atoms with Crippen molar-refractivity contribution in [1.29, 1.82) is 0 Å². The molecule has 0 aliphatic carbocycles. The van der Waals surface area contributed by atoms with E-state index in [1.54, 1.807) is 0 Å². The predicted molar refractivity (Wildman–Crippen MR) is 92.2 cm³/mol. The van der Waals surface area contributed by atoms with Crippen LogP contribution in [0.5, 0.6) is 0 Å². The summed E-state index contributed by atoms with van der Waals surface area (Å²) < 4.78 is 0. The lowest BCUT2D eigenvalue weighted by Crippen LogP contribution is -2.30. The fourth-order valence-corrected chi connectivity index (χ4v) is 1.99. The van der Waals surface area contributed by atoms with Crippen molar-refractivity contribution in [3.63, 3.8) is 0 Å². The van der Waals surface area contributed by atoms with Gasteiger partial charge in [-0.3, -0.25) is 4.90 Å². The van der Waals surface area contributed by atoms with Gasteiger partial charge in [-0.2, -0.15) is 0 Å². The topological polar surface area (TPSA) is 6.48 Å². The van der Waals surface area contributed by atoms with E-state index >= 15 is 0 Å². The molecule has 0 aromatic rings. The molecule has 0 atom stereocenters. The van der Waals surface area contributed by atoms with Gasteiger partial charge in [0.2, 0.25) is 0 Å². The van der Waals surface area contributed by atoms with Gasteiger partial charge < -0.3 is 4.90 Å². The Morgan fingerprint density at radius 2 is 1.45 bits per heavy atom. The van der Waals surface area contributed by atoms with Gasteiger partial charge in [0.1, 0.15) is 0 Å². The van der Waals surface area contributed by atoms with Crippen molar-refractivity contribution < 1.29 is 0 Å². The van der Waals surface area contributed by atoms with E-state index in [9.17, 15) is 0 Å². The van der Waals surface area contributed by atoms with E-state index in [1.165, 1.54) is 19.4 Å². The Kier molecular flexibility index (Phi) is 12.6. The van der Waals surface area contributed by atoms with E-state index in [2.05, 4.69) is 67.2 Å². The lowest BCUT2D eigenvalue weighted by Gasteiger charge is -2.22. The number of rotatable bonds is 1. The molecule has 0 aromatic heterocycles. The molecular formula is C18H34N2. The molecule has 0 saturated carbocycles. The molecule has 0 unspecified atom stereocenters. The molecule has 0 N–H and O–H groups in total. The van der Waals surface area contributed by atoms with Crippen molar-refractivity contribution >= 4 is 0 Å². The normalized spacial score (nSPS) is 19.5. The van der Waals surface area contributed by atoms with Crippen molar-refractivity contribution in [3.05, 3.63) is 36.5 Å². The van der Waals surface area contributed by atoms with Gasteiger partial charge in [-0.25, -0.2) is 0 Å². The molecule has 2 nitrogen and oxygen atoms in total. The molecule has 2 aliphatic heterocycles. The summed E-state index contributed by atoms with van der Waals surface area (Å²) in [6, 6.07) is 0.660. The molecular weight excluding hydrogens is 244 g/mol. The van der Waals surface area contributed by atoms with Gasteiger partial charge in [0, 0.05) is 25.7 Å².